The first-order chi connectivity index (χ1) is 16.2. The van der Waals surface area contributed by atoms with Crippen LogP contribution in [0.4, 0.5) is 4.79 Å². The summed E-state index contributed by atoms with van der Waals surface area (Å²) in [5.74, 6) is 0.285. The molecule has 0 spiro atoms. The second-order valence-electron chi connectivity index (χ2n) is 9.84. The third kappa shape index (κ3) is 6.00. The molecule has 3 amide bonds. The van der Waals surface area contributed by atoms with Crippen molar-refractivity contribution in [2.24, 2.45) is 12.5 Å². The van der Waals surface area contributed by atoms with Gasteiger partial charge in [-0.3, -0.25) is 14.5 Å². The molecule has 0 N–H and O–H groups in total. The molecule has 1 aromatic carbocycles. The van der Waals surface area contributed by atoms with Crippen molar-refractivity contribution in [2.45, 2.75) is 56.4 Å². The molecule has 0 bridgehead atoms. The molecule has 2 fully saturated rings. The van der Waals surface area contributed by atoms with E-state index in [-0.39, 0.29) is 23.3 Å². The summed E-state index contributed by atoms with van der Waals surface area (Å²) in [7, 11) is 1.99. The molecule has 2 aromatic rings. The average molecular weight is 485 g/mol. The van der Waals surface area contributed by atoms with Gasteiger partial charge in [0.15, 0.2) is 5.16 Å². The minimum atomic E-state index is -0.333. The Hall–Kier alpha value is -2.81. The number of thioether (sulfide) groups is 1. The predicted molar refractivity (Wildman–Crippen MR) is 130 cm³/mol. The number of piperidine rings is 2. The van der Waals surface area contributed by atoms with Gasteiger partial charge < -0.3 is 14.2 Å². The smallest absolute Gasteiger partial charge is 0.410 e. The van der Waals surface area contributed by atoms with Crippen molar-refractivity contribution in [3.05, 3.63) is 42.2 Å². The van der Waals surface area contributed by atoms with Gasteiger partial charge in [-0.25, -0.2) is 9.78 Å². The third-order valence-corrected chi connectivity index (χ3v) is 7.77. The molecule has 0 saturated carbocycles. The van der Waals surface area contributed by atoms with Gasteiger partial charge in [-0.2, -0.15) is 0 Å². The molecule has 3 heterocycles. The summed E-state index contributed by atoms with van der Waals surface area (Å²) in [6, 6.07) is 7.28. The maximum absolute atomic E-state index is 12.6. The molecular weight excluding hydrogens is 452 g/mol. The Morgan fingerprint density at radius 2 is 1.76 bits per heavy atom. The lowest BCUT2D eigenvalue weighted by Gasteiger charge is -2.34. The minimum absolute atomic E-state index is 0.103. The van der Waals surface area contributed by atoms with E-state index in [0.717, 1.165) is 23.6 Å². The summed E-state index contributed by atoms with van der Waals surface area (Å²) in [5, 5.41) is 1.44. The molecule has 2 aliphatic heterocycles. The summed E-state index contributed by atoms with van der Waals surface area (Å²) in [5.41, 5.74) is 0.723. The molecule has 0 aliphatic carbocycles. The van der Waals surface area contributed by atoms with Gasteiger partial charge in [-0.05, 0) is 42.4 Å². The van der Waals surface area contributed by atoms with Crippen LogP contribution in [-0.2, 0) is 23.1 Å². The number of imide groups is 1. The average Bonchev–Trinajstić information content (AvgIpc) is 3.18. The summed E-state index contributed by atoms with van der Waals surface area (Å²) in [6.45, 7) is 5.59. The number of aryl methyl sites for hydroxylation is 1. The molecule has 9 heteroatoms. The van der Waals surface area contributed by atoms with E-state index in [1.165, 1.54) is 4.90 Å². The van der Waals surface area contributed by atoms with Crippen LogP contribution < -0.4 is 4.74 Å². The van der Waals surface area contributed by atoms with Crippen molar-refractivity contribution >= 4 is 29.7 Å². The number of ether oxygens (including phenoxy) is 1. The first kappa shape index (κ1) is 24.3. The number of carbonyl (C=O) groups is 3. The predicted octanol–water partition coefficient (Wildman–Crippen LogP) is 3.89. The van der Waals surface area contributed by atoms with Gasteiger partial charge in [-0.15, -0.1) is 0 Å². The van der Waals surface area contributed by atoms with Crippen LogP contribution in [0, 0.1) is 5.41 Å². The quantitative estimate of drug-likeness (QED) is 0.579. The maximum Gasteiger partial charge on any atom is 0.415 e. The van der Waals surface area contributed by atoms with Gasteiger partial charge in [-0.1, -0.05) is 37.7 Å². The SMILES string of the molecule is Cn1ccnc1SC1CCN(C(=O)Oc2ccc(CCN3C(=O)CC(C)(C)CC3=O)cc2)CC1. The number of benzene rings is 1. The van der Waals surface area contributed by atoms with Gasteiger partial charge in [0.1, 0.15) is 5.75 Å². The zero-order chi connectivity index (χ0) is 24.3. The molecular formula is C25H32N4O4S. The van der Waals surface area contributed by atoms with Crippen LogP contribution in [0.1, 0.15) is 45.1 Å². The number of amides is 3. The number of imidazole rings is 1. The zero-order valence-corrected chi connectivity index (χ0v) is 20.8. The van der Waals surface area contributed by atoms with Gasteiger partial charge in [0.2, 0.25) is 11.8 Å². The highest BCUT2D eigenvalue weighted by molar-refractivity contribution is 7.99. The number of hydrogen-bond acceptors (Lipinski definition) is 6. The summed E-state index contributed by atoms with van der Waals surface area (Å²) in [6.07, 6.45) is 6.57. The molecule has 4 rings (SSSR count). The molecule has 0 atom stereocenters. The third-order valence-electron chi connectivity index (χ3n) is 6.36. The molecule has 0 radical (unpaired) electrons. The van der Waals surface area contributed by atoms with E-state index in [4.69, 9.17) is 4.74 Å². The van der Waals surface area contributed by atoms with E-state index in [9.17, 15) is 14.4 Å². The normalized spacial score (nSPS) is 18.9. The Kier molecular flexibility index (Phi) is 7.30. The highest BCUT2D eigenvalue weighted by atomic mass is 32.2. The summed E-state index contributed by atoms with van der Waals surface area (Å²) < 4.78 is 7.58. The van der Waals surface area contributed by atoms with Crippen molar-refractivity contribution < 1.29 is 19.1 Å². The van der Waals surface area contributed by atoms with E-state index in [1.807, 2.05) is 43.8 Å². The van der Waals surface area contributed by atoms with E-state index < -0.39 is 0 Å². The molecule has 8 nitrogen and oxygen atoms in total. The van der Waals surface area contributed by atoms with Crippen LogP contribution in [0.5, 0.6) is 5.75 Å². The number of carbonyl (C=O) groups excluding carboxylic acids is 3. The highest BCUT2D eigenvalue weighted by Crippen LogP contribution is 2.32. The molecule has 0 unspecified atom stereocenters. The van der Waals surface area contributed by atoms with Crippen LogP contribution >= 0.6 is 11.8 Å². The number of hydrogen-bond donors (Lipinski definition) is 0. The van der Waals surface area contributed by atoms with E-state index >= 15 is 0 Å². The largest absolute Gasteiger partial charge is 0.415 e. The van der Waals surface area contributed by atoms with E-state index in [0.29, 0.717) is 49.9 Å². The van der Waals surface area contributed by atoms with Gasteiger partial charge in [0, 0.05) is 57.2 Å². The van der Waals surface area contributed by atoms with Crippen molar-refractivity contribution in [1.29, 1.82) is 0 Å². The molecule has 2 aliphatic rings. The highest BCUT2D eigenvalue weighted by Gasteiger charge is 2.37. The van der Waals surface area contributed by atoms with Crippen LogP contribution in [0.25, 0.3) is 0 Å². The van der Waals surface area contributed by atoms with Crippen LogP contribution in [-0.4, -0.2) is 62.1 Å². The standard InChI is InChI=1S/C25H32N4O4S/c1-25(2)16-21(30)29(22(31)17-25)14-8-18-4-6-19(7-5-18)33-24(32)28-12-9-20(10-13-28)34-23-26-11-15-27(23)3/h4-7,11,15,20H,8-10,12-14,16-17H2,1-3H3. The van der Waals surface area contributed by atoms with E-state index in [2.05, 4.69) is 4.98 Å². The lowest BCUT2D eigenvalue weighted by atomic mass is 9.81. The number of aromatic nitrogens is 2. The lowest BCUT2D eigenvalue weighted by Crippen LogP contribution is -2.46. The fourth-order valence-corrected chi connectivity index (χ4v) is 5.46. The Morgan fingerprint density at radius 1 is 1.12 bits per heavy atom. The van der Waals surface area contributed by atoms with Crippen molar-refractivity contribution in [1.82, 2.24) is 19.4 Å². The molecule has 34 heavy (non-hydrogen) atoms. The summed E-state index contributed by atoms with van der Waals surface area (Å²) in [4.78, 5) is 44.7. The Bertz CT molecular complexity index is 1020. The second-order valence-corrected chi connectivity index (χ2v) is 11.1. The van der Waals surface area contributed by atoms with E-state index in [1.54, 1.807) is 35.0 Å². The number of rotatable bonds is 6. The van der Waals surface area contributed by atoms with Gasteiger partial charge in [0.25, 0.3) is 0 Å². The first-order valence-electron chi connectivity index (χ1n) is 11.7. The van der Waals surface area contributed by atoms with Crippen LogP contribution in [0.3, 0.4) is 0 Å². The maximum atomic E-state index is 12.6. The monoisotopic (exact) mass is 484 g/mol. The lowest BCUT2D eigenvalue weighted by molar-refractivity contribution is -0.152. The fourth-order valence-electron chi connectivity index (χ4n) is 4.36. The zero-order valence-electron chi connectivity index (χ0n) is 20.0. The first-order valence-corrected chi connectivity index (χ1v) is 12.6. The second kappa shape index (κ2) is 10.2. The minimum Gasteiger partial charge on any atom is -0.410 e. The Labute approximate surface area is 204 Å². The molecule has 1 aromatic heterocycles. The van der Waals surface area contributed by atoms with Crippen LogP contribution in [0.15, 0.2) is 41.8 Å². The summed E-state index contributed by atoms with van der Waals surface area (Å²) >= 11 is 1.76. The van der Waals surface area contributed by atoms with Crippen molar-refractivity contribution in [3.63, 3.8) is 0 Å². The topological polar surface area (TPSA) is 84.7 Å². The van der Waals surface area contributed by atoms with Crippen molar-refractivity contribution in [2.75, 3.05) is 19.6 Å². The number of likely N-dealkylation sites (tertiary alicyclic amines) is 2. The van der Waals surface area contributed by atoms with Crippen LogP contribution in [0.2, 0.25) is 0 Å². The molecule has 2 saturated heterocycles. The fraction of sp³-hybridized carbons (Fsp3) is 0.520. The van der Waals surface area contributed by atoms with Gasteiger partial charge >= 0.3 is 6.09 Å². The Balaban J connectivity index is 1.22. The van der Waals surface area contributed by atoms with Gasteiger partial charge in [0.05, 0.1) is 0 Å². The van der Waals surface area contributed by atoms with Crippen molar-refractivity contribution in [3.8, 4) is 5.75 Å². The Morgan fingerprint density at radius 3 is 2.35 bits per heavy atom. The number of nitrogens with zero attached hydrogens (tertiary/aromatic N) is 4. The molecule has 182 valence electrons.